The molecule has 0 aromatic heterocycles. The number of nitrogens with one attached hydrogen (secondary N) is 1. The van der Waals surface area contributed by atoms with Gasteiger partial charge in [-0.15, -0.1) is 0 Å². The number of carboxylic acid groups (broad SMARTS) is 1. The number of amides is 2. The van der Waals surface area contributed by atoms with Crippen molar-refractivity contribution in [1.29, 1.82) is 0 Å². The summed E-state index contributed by atoms with van der Waals surface area (Å²) in [5, 5.41) is 9.93. The van der Waals surface area contributed by atoms with Crippen molar-refractivity contribution in [3.8, 4) is 0 Å². The van der Waals surface area contributed by atoms with Gasteiger partial charge in [-0.1, -0.05) is 18.6 Å². The minimum absolute atomic E-state index is 0.0706. The van der Waals surface area contributed by atoms with Gasteiger partial charge in [-0.05, 0) is 56.3 Å². The van der Waals surface area contributed by atoms with Crippen LogP contribution in [0.3, 0.4) is 0 Å². The van der Waals surface area contributed by atoms with E-state index in [1.807, 2.05) is 4.90 Å². The largest absolute Gasteiger partial charge is 0.483 e. The van der Waals surface area contributed by atoms with Crippen LogP contribution in [0.15, 0.2) is 29.2 Å². The SMILES string of the molecule is CS(=O)(=O)c1ccc(CC(=O)N2CCCCNC(=O)CC3CCCCN3CCC2)cc1.O=CO. The van der Waals surface area contributed by atoms with Gasteiger partial charge in [0.2, 0.25) is 11.8 Å². The van der Waals surface area contributed by atoms with Crippen molar-refractivity contribution in [2.45, 2.75) is 62.3 Å². The summed E-state index contributed by atoms with van der Waals surface area (Å²) in [6, 6.07) is 6.89. The average Bonchev–Trinajstić information content (AvgIpc) is 2.80. The molecule has 2 fully saturated rings. The third kappa shape index (κ3) is 9.42. The fourth-order valence-corrected chi connectivity index (χ4v) is 5.12. The van der Waals surface area contributed by atoms with E-state index >= 15 is 0 Å². The fourth-order valence-electron chi connectivity index (χ4n) is 4.49. The molecule has 0 bridgehead atoms. The van der Waals surface area contributed by atoms with Crippen molar-refractivity contribution < 1.29 is 27.9 Å². The Morgan fingerprint density at radius 2 is 1.68 bits per heavy atom. The van der Waals surface area contributed by atoms with Gasteiger partial charge in [0.05, 0.1) is 11.3 Å². The number of nitrogens with zero attached hydrogens (tertiary/aromatic N) is 2. The Morgan fingerprint density at radius 3 is 2.35 bits per heavy atom. The van der Waals surface area contributed by atoms with E-state index in [2.05, 4.69) is 10.2 Å². The molecule has 9 nitrogen and oxygen atoms in total. The number of carbonyl (C=O) groups is 3. The van der Waals surface area contributed by atoms with E-state index in [1.165, 1.54) is 19.1 Å². The zero-order valence-corrected chi connectivity index (χ0v) is 20.8. The monoisotopic (exact) mass is 495 g/mol. The molecule has 2 amide bonds. The number of hydrogen-bond donors (Lipinski definition) is 2. The summed E-state index contributed by atoms with van der Waals surface area (Å²) in [5.41, 5.74) is 0.823. The maximum atomic E-state index is 13.0. The Labute approximate surface area is 202 Å². The van der Waals surface area contributed by atoms with E-state index in [1.54, 1.807) is 24.3 Å². The van der Waals surface area contributed by atoms with Gasteiger partial charge < -0.3 is 15.3 Å². The van der Waals surface area contributed by atoms with Crippen molar-refractivity contribution in [3.05, 3.63) is 29.8 Å². The molecule has 1 aromatic carbocycles. The van der Waals surface area contributed by atoms with E-state index in [0.29, 0.717) is 32.1 Å². The maximum absolute atomic E-state index is 13.0. The summed E-state index contributed by atoms with van der Waals surface area (Å²) < 4.78 is 23.3. The van der Waals surface area contributed by atoms with Gasteiger partial charge in [-0.25, -0.2) is 8.42 Å². The Balaban J connectivity index is 0.00000129. The molecule has 1 atom stereocenters. The first-order chi connectivity index (χ1) is 16.2. The molecule has 10 heteroatoms. The molecular formula is C24H37N3O6S. The molecule has 2 aliphatic rings. The van der Waals surface area contributed by atoms with Crippen molar-refractivity contribution in [2.24, 2.45) is 0 Å². The second kappa shape index (κ2) is 14.1. The molecule has 1 unspecified atom stereocenters. The standard InChI is InChI=1S/C23H35N3O4S.CH2O2/c1-31(29,30)21-10-8-19(9-11-21)17-23(28)26-14-5-3-12-24-22(27)18-20-7-2-4-13-25(20)15-6-16-26;2-1-3/h8-11,20H,2-7,12-18H2,1H3,(H,24,27);1H,(H,2,3). The van der Waals surface area contributed by atoms with E-state index < -0.39 is 9.84 Å². The molecule has 190 valence electrons. The Bertz CT molecular complexity index is 904. The minimum Gasteiger partial charge on any atom is -0.483 e. The first kappa shape index (κ1) is 27.8. The van der Waals surface area contributed by atoms with Crippen molar-refractivity contribution in [2.75, 3.05) is 39.0 Å². The van der Waals surface area contributed by atoms with Gasteiger partial charge in [0.25, 0.3) is 6.47 Å². The number of piperidine rings is 1. The van der Waals surface area contributed by atoms with Crippen LogP contribution in [0.25, 0.3) is 0 Å². The normalized spacial score (nSPS) is 20.8. The highest BCUT2D eigenvalue weighted by molar-refractivity contribution is 7.90. The number of hydrogen-bond acceptors (Lipinski definition) is 6. The Kier molecular flexibility index (Phi) is 11.5. The van der Waals surface area contributed by atoms with Gasteiger partial charge in [0.1, 0.15) is 0 Å². The second-order valence-corrected chi connectivity index (χ2v) is 10.9. The molecule has 1 aromatic rings. The lowest BCUT2D eigenvalue weighted by molar-refractivity contribution is -0.130. The van der Waals surface area contributed by atoms with Crippen LogP contribution in [-0.2, 0) is 30.6 Å². The van der Waals surface area contributed by atoms with Crippen LogP contribution < -0.4 is 5.32 Å². The molecule has 0 spiro atoms. The predicted octanol–water partition coefficient (Wildman–Crippen LogP) is 1.71. The fraction of sp³-hybridized carbons (Fsp3) is 0.625. The average molecular weight is 496 g/mol. The first-order valence-electron chi connectivity index (χ1n) is 11.9. The summed E-state index contributed by atoms with van der Waals surface area (Å²) in [6.45, 7) is 3.73. The van der Waals surface area contributed by atoms with Crippen LogP contribution >= 0.6 is 0 Å². The molecule has 2 aliphatic heterocycles. The van der Waals surface area contributed by atoms with E-state index in [0.717, 1.165) is 44.3 Å². The Morgan fingerprint density at radius 1 is 1.06 bits per heavy atom. The molecule has 0 saturated carbocycles. The van der Waals surface area contributed by atoms with E-state index in [9.17, 15) is 18.0 Å². The Hall–Kier alpha value is -2.46. The second-order valence-electron chi connectivity index (χ2n) is 8.88. The van der Waals surface area contributed by atoms with Crippen molar-refractivity contribution in [1.82, 2.24) is 15.1 Å². The minimum atomic E-state index is -3.24. The van der Waals surface area contributed by atoms with Gasteiger partial charge in [0.15, 0.2) is 9.84 Å². The lowest BCUT2D eigenvalue weighted by Crippen LogP contribution is -2.44. The van der Waals surface area contributed by atoms with Crippen molar-refractivity contribution in [3.63, 3.8) is 0 Å². The summed E-state index contributed by atoms with van der Waals surface area (Å²) in [6.07, 6.45) is 8.05. The summed E-state index contributed by atoms with van der Waals surface area (Å²) in [7, 11) is -3.24. The molecule has 2 N–H and O–H groups in total. The zero-order valence-electron chi connectivity index (χ0n) is 19.9. The number of benzene rings is 1. The summed E-state index contributed by atoms with van der Waals surface area (Å²) in [5.74, 6) is 0.211. The third-order valence-electron chi connectivity index (χ3n) is 6.28. The quantitative estimate of drug-likeness (QED) is 0.612. The van der Waals surface area contributed by atoms with Crippen LogP contribution in [-0.4, -0.2) is 86.6 Å². The number of sulfone groups is 1. The molecule has 0 radical (unpaired) electrons. The van der Waals surface area contributed by atoms with Gasteiger partial charge in [-0.3, -0.25) is 19.3 Å². The van der Waals surface area contributed by atoms with Crippen LogP contribution in [0.2, 0.25) is 0 Å². The van der Waals surface area contributed by atoms with Crippen LogP contribution in [0.5, 0.6) is 0 Å². The highest BCUT2D eigenvalue weighted by Crippen LogP contribution is 2.20. The topological polar surface area (TPSA) is 124 Å². The zero-order chi connectivity index (χ0) is 25.0. The van der Waals surface area contributed by atoms with Crippen molar-refractivity contribution >= 4 is 28.1 Å². The number of carbonyl (C=O) groups excluding carboxylic acids is 2. The predicted molar refractivity (Wildman–Crippen MR) is 129 cm³/mol. The lowest BCUT2D eigenvalue weighted by atomic mass is 9.98. The van der Waals surface area contributed by atoms with Gasteiger partial charge in [-0.2, -0.15) is 0 Å². The summed E-state index contributed by atoms with van der Waals surface area (Å²) in [4.78, 5) is 38.2. The lowest BCUT2D eigenvalue weighted by Gasteiger charge is -2.35. The molecule has 2 saturated heterocycles. The van der Waals surface area contributed by atoms with Crippen LogP contribution in [0.1, 0.15) is 50.5 Å². The summed E-state index contributed by atoms with van der Waals surface area (Å²) >= 11 is 0. The number of fused-ring (bicyclic) bond motifs is 1. The molecule has 0 aliphatic carbocycles. The molecule has 34 heavy (non-hydrogen) atoms. The van der Waals surface area contributed by atoms with E-state index in [4.69, 9.17) is 9.90 Å². The molecule has 3 rings (SSSR count). The van der Waals surface area contributed by atoms with Crippen LogP contribution in [0.4, 0.5) is 0 Å². The highest BCUT2D eigenvalue weighted by Gasteiger charge is 2.25. The molecule has 2 heterocycles. The van der Waals surface area contributed by atoms with Crippen LogP contribution in [0, 0.1) is 0 Å². The highest BCUT2D eigenvalue weighted by atomic mass is 32.2. The van der Waals surface area contributed by atoms with E-state index in [-0.39, 0.29) is 29.6 Å². The number of rotatable bonds is 3. The third-order valence-corrected chi connectivity index (χ3v) is 7.41. The maximum Gasteiger partial charge on any atom is 0.290 e. The van der Waals surface area contributed by atoms with Gasteiger partial charge in [0, 0.05) is 44.9 Å². The van der Waals surface area contributed by atoms with Gasteiger partial charge >= 0.3 is 0 Å². The molecular weight excluding hydrogens is 458 g/mol. The smallest absolute Gasteiger partial charge is 0.290 e. The first-order valence-corrected chi connectivity index (χ1v) is 13.8.